The lowest BCUT2D eigenvalue weighted by Crippen LogP contribution is -2.64. The third-order valence-corrected chi connectivity index (χ3v) is 5.35. The van der Waals surface area contributed by atoms with Crippen molar-refractivity contribution in [3.63, 3.8) is 0 Å². The molecule has 4 aliphatic rings. The van der Waals surface area contributed by atoms with E-state index in [4.69, 9.17) is 9.29 Å². The van der Waals surface area contributed by atoms with Crippen molar-refractivity contribution in [1.82, 2.24) is 20.8 Å². The standard InChI is InChI=1S/C12H18N4O7S/c17-10(14-13-7-1-2-7)8-3-12(5-22-6-12)9-4-15(8)11(18)16(9)23-24(19,20)21/h7-9,13H,1-6H2,(H,14,17)(H,19,20,21)/t8-,9-/m0/s1. The van der Waals surface area contributed by atoms with Crippen LogP contribution in [0.5, 0.6) is 0 Å². The van der Waals surface area contributed by atoms with Gasteiger partial charge >= 0.3 is 16.4 Å². The van der Waals surface area contributed by atoms with Crippen LogP contribution in [0, 0.1) is 5.41 Å². The fraction of sp³-hybridized carbons (Fsp3) is 0.833. The van der Waals surface area contributed by atoms with Crippen LogP contribution in [0.25, 0.3) is 0 Å². The summed E-state index contributed by atoms with van der Waals surface area (Å²) in [6.45, 7) is 0.729. The van der Waals surface area contributed by atoms with Gasteiger partial charge in [-0.05, 0) is 19.3 Å². The molecule has 4 fully saturated rings. The van der Waals surface area contributed by atoms with Crippen LogP contribution in [0.3, 0.4) is 0 Å². The Morgan fingerprint density at radius 3 is 2.62 bits per heavy atom. The van der Waals surface area contributed by atoms with Crippen LogP contribution in [-0.2, 0) is 24.2 Å². The summed E-state index contributed by atoms with van der Waals surface area (Å²) in [6.07, 6.45) is 2.32. The summed E-state index contributed by atoms with van der Waals surface area (Å²) in [5.74, 6) is -0.353. The number of hydrogen-bond acceptors (Lipinski definition) is 7. The van der Waals surface area contributed by atoms with Gasteiger partial charge in [-0.15, -0.1) is 4.28 Å². The van der Waals surface area contributed by atoms with Crippen LogP contribution in [-0.4, -0.2) is 72.8 Å². The van der Waals surface area contributed by atoms with Crippen molar-refractivity contribution in [2.45, 2.75) is 37.4 Å². The van der Waals surface area contributed by atoms with Crippen molar-refractivity contribution in [1.29, 1.82) is 0 Å². The molecule has 1 aliphatic carbocycles. The molecule has 3 heterocycles. The first-order valence-electron chi connectivity index (χ1n) is 7.69. The van der Waals surface area contributed by atoms with E-state index in [-0.39, 0.29) is 18.5 Å². The van der Waals surface area contributed by atoms with Gasteiger partial charge in [-0.3, -0.25) is 14.8 Å². The van der Waals surface area contributed by atoms with Crippen molar-refractivity contribution in [3.05, 3.63) is 0 Å². The summed E-state index contributed by atoms with van der Waals surface area (Å²) < 4.78 is 40.7. The number of piperidine rings is 1. The molecule has 134 valence electrons. The van der Waals surface area contributed by atoms with E-state index in [1.54, 1.807) is 0 Å². The average molecular weight is 362 g/mol. The maximum atomic E-state index is 12.5. The van der Waals surface area contributed by atoms with Gasteiger partial charge in [-0.2, -0.15) is 13.5 Å². The Kier molecular flexibility index (Phi) is 3.51. The quantitative estimate of drug-likeness (QED) is 0.393. The van der Waals surface area contributed by atoms with E-state index in [9.17, 15) is 18.0 Å². The average Bonchev–Trinajstić information content (AvgIpc) is 3.26. The second kappa shape index (κ2) is 5.26. The molecule has 3 amide bonds. The number of ether oxygens (including phenoxy) is 1. The van der Waals surface area contributed by atoms with Crippen molar-refractivity contribution in [3.8, 4) is 0 Å². The van der Waals surface area contributed by atoms with Crippen LogP contribution < -0.4 is 10.9 Å². The Labute approximate surface area is 138 Å². The zero-order valence-corrected chi connectivity index (χ0v) is 13.5. The molecule has 12 heteroatoms. The first-order valence-corrected chi connectivity index (χ1v) is 9.06. The summed E-state index contributed by atoms with van der Waals surface area (Å²) in [6, 6.07) is -1.84. The monoisotopic (exact) mass is 362 g/mol. The lowest BCUT2D eigenvalue weighted by atomic mass is 9.71. The second-order valence-electron chi connectivity index (χ2n) is 6.76. The van der Waals surface area contributed by atoms with Crippen LogP contribution in [0.2, 0.25) is 0 Å². The van der Waals surface area contributed by atoms with Crippen LogP contribution >= 0.6 is 0 Å². The van der Waals surface area contributed by atoms with E-state index in [1.807, 2.05) is 0 Å². The molecule has 11 nitrogen and oxygen atoms in total. The van der Waals surface area contributed by atoms with Gasteiger partial charge in [0.05, 0.1) is 19.3 Å². The van der Waals surface area contributed by atoms with Gasteiger partial charge in [0.2, 0.25) is 0 Å². The number of carbonyl (C=O) groups is 2. The summed E-state index contributed by atoms with van der Waals surface area (Å²) in [5, 5.41) is 0.652. The highest BCUT2D eigenvalue weighted by atomic mass is 32.3. The molecule has 0 aromatic carbocycles. The predicted octanol–water partition coefficient (Wildman–Crippen LogP) is -1.60. The zero-order chi connectivity index (χ0) is 17.1. The van der Waals surface area contributed by atoms with E-state index in [0.717, 1.165) is 12.8 Å². The van der Waals surface area contributed by atoms with Crippen molar-refractivity contribution in [2.24, 2.45) is 5.41 Å². The van der Waals surface area contributed by atoms with Gasteiger partial charge in [0.15, 0.2) is 0 Å². The highest BCUT2D eigenvalue weighted by Gasteiger charge is 2.63. The summed E-state index contributed by atoms with van der Waals surface area (Å²) in [4.78, 5) is 26.2. The Hall–Kier alpha value is -1.47. The number of urea groups is 1. The van der Waals surface area contributed by atoms with Gasteiger partial charge in [-0.25, -0.2) is 10.2 Å². The van der Waals surface area contributed by atoms with Gasteiger partial charge in [0, 0.05) is 18.0 Å². The van der Waals surface area contributed by atoms with Crippen LogP contribution in [0.1, 0.15) is 19.3 Å². The van der Waals surface area contributed by atoms with Crippen LogP contribution in [0.4, 0.5) is 4.79 Å². The maximum Gasteiger partial charge on any atom is 0.418 e. The second-order valence-corrected chi connectivity index (χ2v) is 7.77. The third-order valence-electron chi connectivity index (χ3n) is 5.00. The lowest BCUT2D eigenvalue weighted by molar-refractivity contribution is -0.193. The van der Waals surface area contributed by atoms with E-state index >= 15 is 0 Å². The Balaban J connectivity index is 1.56. The minimum absolute atomic E-state index is 0.138. The minimum atomic E-state index is -4.84. The number of hydrogen-bond donors (Lipinski definition) is 3. The molecule has 3 N–H and O–H groups in total. The molecule has 0 radical (unpaired) electrons. The highest BCUT2D eigenvalue weighted by molar-refractivity contribution is 7.80. The van der Waals surface area contributed by atoms with E-state index in [1.165, 1.54) is 4.90 Å². The molecular formula is C12H18N4O7S. The summed E-state index contributed by atoms with van der Waals surface area (Å²) >= 11 is 0. The number of rotatable bonds is 5. The zero-order valence-electron chi connectivity index (χ0n) is 12.7. The first-order chi connectivity index (χ1) is 11.3. The molecule has 4 rings (SSSR count). The molecule has 3 aliphatic heterocycles. The molecule has 0 unspecified atom stereocenters. The van der Waals surface area contributed by atoms with Gasteiger partial charge in [-0.1, -0.05) is 0 Å². The molecule has 24 heavy (non-hydrogen) atoms. The smallest absolute Gasteiger partial charge is 0.380 e. The normalized spacial score (nSPS) is 31.3. The molecule has 2 bridgehead atoms. The van der Waals surface area contributed by atoms with Gasteiger partial charge in [0.25, 0.3) is 5.91 Å². The van der Waals surface area contributed by atoms with Crippen molar-refractivity contribution < 1.29 is 31.6 Å². The number of carbonyl (C=O) groups excluding carboxylic acids is 2. The molecule has 1 spiro atoms. The lowest BCUT2D eigenvalue weighted by Gasteiger charge is -2.50. The molecular weight excluding hydrogens is 344 g/mol. The van der Waals surface area contributed by atoms with Crippen LogP contribution in [0.15, 0.2) is 0 Å². The van der Waals surface area contributed by atoms with E-state index in [2.05, 4.69) is 15.1 Å². The Morgan fingerprint density at radius 2 is 2.08 bits per heavy atom. The van der Waals surface area contributed by atoms with Gasteiger partial charge in [0.1, 0.15) is 6.04 Å². The molecule has 3 saturated heterocycles. The SMILES string of the molecule is O=C(NNC1CC1)[C@@H]1CC2(COC2)[C@@H]2CN1C(=O)N2OS(=O)(=O)O. The molecule has 0 aromatic heterocycles. The fourth-order valence-corrected chi connectivity index (χ4v) is 3.88. The number of nitrogens with zero attached hydrogens (tertiary/aromatic N) is 2. The number of fused-ring (bicyclic) bond motifs is 3. The number of hydroxylamine groups is 2. The van der Waals surface area contributed by atoms with Gasteiger partial charge < -0.3 is 9.64 Å². The Morgan fingerprint density at radius 1 is 1.38 bits per heavy atom. The fourth-order valence-electron chi connectivity index (χ4n) is 3.51. The largest absolute Gasteiger partial charge is 0.418 e. The maximum absolute atomic E-state index is 12.5. The third kappa shape index (κ3) is 2.63. The number of amides is 3. The topological polar surface area (TPSA) is 138 Å². The number of hydrazine groups is 1. The van der Waals surface area contributed by atoms with E-state index in [0.29, 0.717) is 24.7 Å². The predicted molar refractivity (Wildman–Crippen MR) is 76.3 cm³/mol. The molecule has 0 aromatic rings. The molecule has 2 atom stereocenters. The minimum Gasteiger partial charge on any atom is -0.380 e. The highest BCUT2D eigenvalue weighted by Crippen LogP contribution is 2.47. The Bertz CT molecular complexity index is 675. The molecule has 1 saturated carbocycles. The number of nitrogens with one attached hydrogen (secondary N) is 2. The summed E-state index contributed by atoms with van der Waals surface area (Å²) in [5.41, 5.74) is 4.95. The van der Waals surface area contributed by atoms with Crippen molar-refractivity contribution >= 4 is 22.3 Å². The summed E-state index contributed by atoms with van der Waals surface area (Å²) in [7, 11) is -4.84. The van der Waals surface area contributed by atoms with Crippen molar-refractivity contribution in [2.75, 3.05) is 19.8 Å². The van der Waals surface area contributed by atoms with E-state index < -0.39 is 33.9 Å². The first kappa shape index (κ1) is 16.0.